The Balaban J connectivity index is 2.53. The fraction of sp³-hybridized carbons (Fsp3) is 0.533. The van der Waals surface area contributed by atoms with Crippen molar-refractivity contribution >= 4 is 17.5 Å². The molecule has 0 aliphatic heterocycles. The average Bonchev–Trinajstić information content (AvgIpc) is 2.39. The molecule has 0 saturated heterocycles. The van der Waals surface area contributed by atoms with Crippen molar-refractivity contribution in [1.82, 2.24) is 9.80 Å². The number of carbonyl (C=O) groups excluding carboxylic acids is 1. The number of rotatable bonds is 8. The van der Waals surface area contributed by atoms with Crippen LogP contribution in [-0.2, 0) is 11.3 Å². The predicted octanol–water partition coefficient (Wildman–Crippen LogP) is 2.00. The molecule has 0 bridgehead atoms. The first kappa shape index (κ1) is 17.0. The van der Waals surface area contributed by atoms with Crippen LogP contribution in [0.5, 0.6) is 0 Å². The van der Waals surface area contributed by atoms with Crippen molar-refractivity contribution in [3.05, 3.63) is 34.9 Å². The Morgan fingerprint density at radius 3 is 2.70 bits per heavy atom. The zero-order valence-corrected chi connectivity index (χ0v) is 12.9. The Labute approximate surface area is 125 Å². The van der Waals surface area contributed by atoms with Gasteiger partial charge in [-0.25, -0.2) is 0 Å². The standard InChI is InChI=1S/C15H23ClN2O2/c1-3-7-18(8-9-19)12-15(20)17(2)11-13-5-4-6-14(16)10-13/h4-6,10,19H,3,7-9,11-12H2,1-2H3. The van der Waals surface area contributed by atoms with Crippen LogP contribution < -0.4 is 0 Å². The number of halogens is 1. The summed E-state index contributed by atoms with van der Waals surface area (Å²) in [6.07, 6.45) is 0.964. The minimum Gasteiger partial charge on any atom is -0.395 e. The lowest BCUT2D eigenvalue weighted by Crippen LogP contribution is -2.39. The second kappa shape index (κ2) is 8.95. The molecule has 4 nitrogen and oxygen atoms in total. The first-order valence-electron chi connectivity index (χ1n) is 6.88. The first-order valence-corrected chi connectivity index (χ1v) is 7.26. The lowest BCUT2D eigenvalue weighted by molar-refractivity contribution is -0.131. The predicted molar refractivity (Wildman–Crippen MR) is 81.7 cm³/mol. The molecule has 0 radical (unpaired) electrons. The van der Waals surface area contributed by atoms with E-state index in [0.29, 0.717) is 24.7 Å². The van der Waals surface area contributed by atoms with Crippen LogP contribution in [0.3, 0.4) is 0 Å². The van der Waals surface area contributed by atoms with Crippen LogP contribution in [0.15, 0.2) is 24.3 Å². The molecule has 112 valence electrons. The third kappa shape index (κ3) is 5.90. The Hall–Kier alpha value is -1.10. The molecule has 1 amide bonds. The van der Waals surface area contributed by atoms with E-state index in [1.54, 1.807) is 11.9 Å². The SMILES string of the molecule is CCCN(CCO)CC(=O)N(C)Cc1cccc(Cl)c1. The summed E-state index contributed by atoms with van der Waals surface area (Å²) < 4.78 is 0. The smallest absolute Gasteiger partial charge is 0.236 e. The Morgan fingerprint density at radius 1 is 1.35 bits per heavy atom. The van der Waals surface area contributed by atoms with E-state index >= 15 is 0 Å². The monoisotopic (exact) mass is 298 g/mol. The van der Waals surface area contributed by atoms with E-state index in [1.807, 2.05) is 29.2 Å². The highest BCUT2D eigenvalue weighted by atomic mass is 35.5. The Kier molecular flexibility index (Phi) is 7.59. The van der Waals surface area contributed by atoms with Gasteiger partial charge in [-0.3, -0.25) is 9.69 Å². The van der Waals surface area contributed by atoms with E-state index in [0.717, 1.165) is 18.5 Å². The minimum absolute atomic E-state index is 0.0480. The van der Waals surface area contributed by atoms with Gasteiger partial charge in [-0.2, -0.15) is 0 Å². The van der Waals surface area contributed by atoms with Crippen LogP contribution in [0, 0.1) is 0 Å². The number of likely N-dealkylation sites (N-methyl/N-ethyl adjacent to an activating group) is 1. The number of nitrogens with zero attached hydrogens (tertiary/aromatic N) is 2. The normalized spacial score (nSPS) is 10.8. The average molecular weight is 299 g/mol. The van der Waals surface area contributed by atoms with Gasteiger partial charge in [0.25, 0.3) is 0 Å². The van der Waals surface area contributed by atoms with Crippen LogP contribution in [-0.4, -0.2) is 54.1 Å². The summed E-state index contributed by atoms with van der Waals surface area (Å²) in [6, 6.07) is 7.51. The number of hydrogen-bond donors (Lipinski definition) is 1. The lowest BCUT2D eigenvalue weighted by Gasteiger charge is -2.24. The highest BCUT2D eigenvalue weighted by Gasteiger charge is 2.14. The third-order valence-electron chi connectivity index (χ3n) is 3.05. The van der Waals surface area contributed by atoms with Crippen molar-refractivity contribution in [3.63, 3.8) is 0 Å². The van der Waals surface area contributed by atoms with Crippen LogP contribution in [0.1, 0.15) is 18.9 Å². The highest BCUT2D eigenvalue weighted by molar-refractivity contribution is 6.30. The minimum atomic E-state index is 0.0480. The van der Waals surface area contributed by atoms with E-state index < -0.39 is 0 Å². The number of aliphatic hydroxyl groups excluding tert-OH is 1. The van der Waals surface area contributed by atoms with Crippen LogP contribution >= 0.6 is 11.6 Å². The second-order valence-corrected chi connectivity index (χ2v) is 5.32. The van der Waals surface area contributed by atoms with Crippen molar-refractivity contribution in [1.29, 1.82) is 0 Å². The van der Waals surface area contributed by atoms with Crippen molar-refractivity contribution in [2.45, 2.75) is 19.9 Å². The van der Waals surface area contributed by atoms with Gasteiger partial charge in [-0.1, -0.05) is 30.7 Å². The topological polar surface area (TPSA) is 43.8 Å². The largest absolute Gasteiger partial charge is 0.395 e. The molecule has 5 heteroatoms. The summed E-state index contributed by atoms with van der Waals surface area (Å²) in [5, 5.41) is 9.68. The van der Waals surface area contributed by atoms with Gasteiger partial charge < -0.3 is 10.0 Å². The van der Waals surface area contributed by atoms with Crippen LogP contribution in [0.4, 0.5) is 0 Å². The molecule has 0 saturated carbocycles. The van der Waals surface area contributed by atoms with Gasteiger partial charge in [0.05, 0.1) is 13.2 Å². The second-order valence-electron chi connectivity index (χ2n) is 4.88. The molecule has 0 atom stereocenters. The number of amides is 1. The molecule has 0 aliphatic carbocycles. The third-order valence-corrected chi connectivity index (χ3v) is 3.28. The fourth-order valence-electron chi connectivity index (χ4n) is 2.04. The maximum atomic E-state index is 12.2. The van der Waals surface area contributed by atoms with Gasteiger partial charge in [0.1, 0.15) is 0 Å². The summed E-state index contributed by atoms with van der Waals surface area (Å²) >= 11 is 5.94. The molecular formula is C15H23ClN2O2. The molecule has 0 heterocycles. The molecule has 1 N–H and O–H groups in total. The van der Waals surface area contributed by atoms with Gasteiger partial charge in [0.2, 0.25) is 5.91 Å². The Morgan fingerprint density at radius 2 is 2.10 bits per heavy atom. The molecule has 1 rings (SSSR count). The molecule has 1 aromatic rings. The van der Waals surface area contributed by atoms with E-state index in [4.69, 9.17) is 16.7 Å². The van der Waals surface area contributed by atoms with Crippen molar-refractivity contribution in [3.8, 4) is 0 Å². The summed E-state index contributed by atoms with van der Waals surface area (Å²) in [6.45, 7) is 4.36. The summed E-state index contributed by atoms with van der Waals surface area (Å²) in [7, 11) is 1.78. The lowest BCUT2D eigenvalue weighted by atomic mass is 10.2. The molecule has 0 fully saturated rings. The van der Waals surface area contributed by atoms with Gasteiger partial charge in [0, 0.05) is 25.2 Å². The summed E-state index contributed by atoms with van der Waals surface area (Å²) in [4.78, 5) is 15.8. The maximum absolute atomic E-state index is 12.2. The maximum Gasteiger partial charge on any atom is 0.236 e. The van der Waals surface area contributed by atoms with E-state index in [-0.39, 0.29) is 12.5 Å². The summed E-state index contributed by atoms with van der Waals surface area (Å²) in [5.41, 5.74) is 1.01. The number of hydrogen-bond acceptors (Lipinski definition) is 3. The van der Waals surface area contributed by atoms with Crippen molar-refractivity contribution < 1.29 is 9.90 Å². The first-order chi connectivity index (χ1) is 9.56. The summed E-state index contributed by atoms with van der Waals surface area (Å²) in [5.74, 6) is 0.0480. The molecule has 1 aromatic carbocycles. The van der Waals surface area contributed by atoms with Crippen LogP contribution in [0.2, 0.25) is 5.02 Å². The number of benzene rings is 1. The highest BCUT2D eigenvalue weighted by Crippen LogP contribution is 2.12. The number of aliphatic hydroxyl groups is 1. The fourth-order valence-corrected chi connectivity index (χ4v) is 2.25. The molecule has 20 heavy (non-hydrogen) atoms. The van der Waals surface area contributed by atoms with Gasteiger partial charge in [0.15, 0.2) is 0 Å². The van der Waals surface area contributed by atoms with Gasteiger partial charge >= 0.3 is 0 Å². The van der Waals surface area contributed by atoms with Gasteiger partial charge in [-0.05, 0) is 30.7 Å². The molecule has 0 aromatic heterocycles. The van der Waals surface area contributed by atoms with Crippen molar-refractivity contribution in [2.24, 2.45) is 0 Å². The zero-order valence-electron chi connectivity index (χ0n) is 12.2. The number of carbonyl (C=O) groups is 1. The van der Waals surface area contributed by atoms with Gasteiger partial charge in [-0.15, -0.1) is 0 Å². The van der Waals surface area contributed by atoms with E-state index in [2.05, 4.69) is 6.92 Å². The van der Waals surface area contributed by atoms with Crippen LogP contribution in [0.25, 0.3) is 0 Å². The Bertz CT molecular complexity index is 420. The van der Waals surface area contributed by atoms with E-state index in [9.17, 15) is 4.79 Å². The zero-order chi connectivity index (χ0) is 15.0. The quantitative estimate of drug-likeness (QED) is 0.798. The molecule has 0 unspecified atom stereocenters. The van der Waals surface area contributed by atoms with E-state index in [1.165, 1.54) is 0 Å². The van der Waals surface area contributed by atoms with Crippen molar-refractivity contribution in [2.75, 3.05) is 33.3 Å². The molecular weight excluding hydrogens is 276 g/mol. The molecule has 0 spiro atoms. The molecule has 0 aliphatic rings.